The van der Waals surface area contributed by atoms with Crippen LogP contribution in [-0.4, -0.2) is 20.2 Å². The summed E-state index contributed by atoms with van der Waals surface area (Å²) in [6, 6.07) is 3.11. The van der Waals surface area contributed by atoms with Crippen molar-refractivity contribution >= 4 is 5.69 Å². The highest BCUT2D eigenvalue weighted by molar-refractivity contribution is 5.63. The molecule has 19 heavy (non-hydrogen) atoms. The molecule has 0 aliphatic rings. The summed E-state index contributed by atoms with van der Waals surface area (Å²) in [6.45, 7) is 8.55. The van der Waals surface area contributed by atoms with Crippen LogP contribution in [0.25, 0.3) is 11.4 Å². The predicted octanol–water partition coefficient (Wildman–Crippen LogP) is 2.42. The maximum absolute atomic E-state index is 13.7. The molecule has 0 spiro atoms. The van der Waals surface area contributed by atoms with Gasteiger partial charge in [-0.05, 0) is 34.9 Å². The largest absolute Gasteiger partial charge is 0.398 e. The normalized spacial score (nSPS) is 11.8. The van der Waals surface area contributed by atoms with E-state index in [1.165, 1.54) is 6.07 Å². The molecule has 0 aliphatic heterocycles. The van der Waals surface area contributed by atoms with Crippen molar-refractivity contribution in [2.24, 2.45) is 5.41 Å². The highest BCUT2D eigenvalue weighted by Gasteiger charge is 2.18. The number of halogens is 1. The van der Waals surface area contributed by atoms with Gasteiger partial charge in [-0.3, -0.25) is 0 Å². The second kappa shape index (κ2) is 4.60. The number of rotatable bonds is 2. The van der Waals surface area contributed by atoms with E-state index in [-0.39, 0.29) is 11.2 Å². The SMILES string of the molecule is Cc1c(N)cc(-c2nnnn2CC(C)(C)C)cc1F. The number of nitrogen functional groups attached to an aromatic ring is 1. The molecule has 0 saturated carbocycles. The van der Waals surface area contributed by atoms with Crippen LogP contribution in [0.15, 0.2) is 12.1 Å². The van der Waals surface area contributed by atoms with Gasteiger partial charge in [-0.2, -0.15) is 0 Å². The van der Waals surface area contributed by atoms with E-state index in [0.29, 0.717) is 29.2 Å². The highest BCUT2D eigenvalue weighted by atomic mass is 19.1. The van der Waals surface area contributed by atoms with Crippen molar-refractivity contribution in [2.75, 3.05) is 5.73 Å². The van der Waals surface area contributed by atoms with Crippen LogP contribution in [0.3, 0.4) is 0 Å². The van der Waals surface area contributed by atoms with Crippen LogP contribution in [0.2, 0.25) is 0 Å². The van der Waals surface area contributed by atoms with Gasteiger partial charge in [0, 0.05) is 23.4 Å². The molecule has 1 aromatic heterocycles. The Morgan fingerprint density at radius 1 is 1.32 bits per heavy atom. The summed E-state index contributed by atoms with van der Waals surface area (Å²) in [6.07, 6.45) is 0. The Morgan fingerprint density at radius 3 is 2.58 bits per heavy atom. The standard InChI is InChI=1S/C13H18FN5/c1-8-10(14)5-9(6-11(8)15)12-16-17-18-19(12)7-13(2,3)4/h5-6H,7,15H2,1-4H3. The van der Waals surface area contributed by atoms with Crippen molar-refractivity contribution in [3.8, 4) is 11.4 Å². The third-order valence-electron chi connectivity index (χ3n) is 2.80. The molecule has 0 radical (unpaired) electrons. The Morgan fingerprint density at radius 2 is 2.00 bits per heavy atom. The fourth-order valence-electron chi connectivity index (χ4n) is 1.80. The molecule has 0 saturated heterocycles. The van der Waals surface area contributed by atoms with Crippen LogP contribution < -0.4 is 5.73 Å². The fraction of sp³-hybridized carbons (Fsp3) is 0.462. The number of nitrogens with zero attached hydrogens (tertiary/aromatic N) is 4. The van der Waals surface area contributed by atoms with Crippen molar-refractivity contribution in [2.45, 2.75) is 34.2 Å². The first-order chi connectivity index (χ1) is 8.78. The summed E-state index contributed by atoms with van der Waals surface area (Å²) in [7, 11) is 0. The molecule has 5 nitrogen and oxygen atoms in total. The Hall–Kier alpha value is -1.98. The van der Waals surface area contributed by atoms with Crippen LogP contribution in [-0.2, 0) is 6.54 Å². The Labute approximate surface area is 111 Å². The van der Waals surface area contributed by atoms with Gasteiger partial charge in [0.05, 0.1) is 0 Å². The van der Waals surface area contributed by atoms with Crippen LogP contribution in [0.1, 0.15) is 26.3 Å². The van der Waals surface area contributed by atoms with Gasteiger partial charge in [0.2, 0.25) is 0 Å². The zero-order valence-electron chi connectivity index (χ0n) is 11.6. The van der Waals surface area contributed by atoms with Crippen molar-refractivity contribution < 1.29 is 4.39 Å². The van der Waals surface area contributed by atoms with Crippen LogP contribution in [0, 0.1) is 18.2 Å². The highest BCUT2D eigenvalue weighted by Crippen LogP contribution is 2.26. The molecule has 0 fully saturated rings. The lowest BCUT2D eigenvalue weighted by Gasteiger charge is -2.18. The monoisotopic (exact) mass is 263 g/mol. The topological polar surface area (TPSA) is 69.6 Å². The number of benzene rings is 1. The summed E-state index contributed by atoms with van der Waals surface area (Å²) in [4.78, 5) is 0. The molecule has 2 rings (SSSR count). The summed E-state index contributed by atoms with van der Waals surface area (Å²) < 4.78 is 15.4. The minimum absolute atomic E-state index is 0.0267. The molecule has 0 unspecified atom stereocenters. The van der Waals surface area contributed by atoms with Gasteiger partial charge >= 0.3 is 0 Å². The second-order valence-electron chi connectivity index (χ2n) is 5.89. The Kier molecular flexibility index (Phi) is 3.26. The lowest BCUT2D eigenvalue weighted by Crippen LogP contribution is -2.17. The van der Waals surface area contributed by atoms with E-state index in [2.05, 4.69) is 36.3 Å². The molecular weight excluding hydrogens is 245 g/mol. The maximum atomic E-state index is 13.7. The smallest absolute Gasteiger partial charge is 0.182 e. The predicted molar refractivity (Wildman–Crippen MR) is 71.8 cm³/mol. The van der Waals surface area contributed by atoms with Gasteiger partial charge in [0.1, 0.15) is 5.82 Å². The van der Waals surface area contributed by atoms with E-state index in [9.17, 15) is 4.39 Å². The first kappa shape index (κ1) is 13.5. The van der Waals surface area contributed by atoms with Crippen LogP contribution in [0.4, 0.5) is 10.1 Å². The number of hydrogen-bond donors (Lipinski definition) is 1. The Balaban J connectivity index is 2.46. The summed E-state index contributed by atoms with van der Waals surface area (Å²) in [5, 5.41) is 11.6. The van der Waals surface area contributed by atoms with Gasteiger partial charge in [0.25, 0.3) is 0 Å². The molecule has 1 aromatic carbocycles. The van der Waals surface area contributed by atoms with Gasteiger partial charge in [-0.1, -0.05) is 20.8 Å². The van der Waals surface area contributed by atoms with E-state index < -0.39 is 0 Å². The number of nitrogens with two attached hydrogens (primary N) is 1. The third-order valence-corrected chi connectivity index (χ3v) is 2.80. The molecule has 102 valence electrons. The zero-order chi connectivity index (χ0) is 14.2. The molecule has 0 bridgehead atoms. The van der Waals surface area contributed by atoms with Gasteiger partial charge in [-0.15, -0.1) is 5.10 Å². The minimum Gasteiger partial charge on any atom is -0.398 e. The van der Waals surface area contributed by atoms with Crippen molar-refractivity contribution in [1.29, 1.82) is 0 Å². The van der Waals surface area contributed by atoms with Crippen molar-refractivity contribution in [3.05, 3.63) is 23.5 Å². The first-order valence-electron chi connectivity index (χ1n) is 6.10. The second-order valence-corrected chi connectivity index (χ2v) is 5.89. The van der Waals surface area contributed by atoms with E-state index in [1.807, 2.05) is 0 Å². The summed E-state index contributed by atoms with van der Waals surface area (Å²) >= 11 is 0. The molecule has 2 aromatic rings. The van der Waals surface area contributed by atoms with Crippen molar-refractivity contribution in [1.82, 2.24) is 20.2 Å². The van der Waals surface area contributed by atoms with Crippen LogP contribution in [0.5, 0.6) is 0 Å². The maximum Gasteiger partial charge on any atom is 0.182 e. The number of tetrazole rings is 1. The third kappa shape index (κ3) is 2.89. The van der Waals surface area contributed by atoms with E-state index in [1.54, 1.807) is 17.7 Å². The lowest BCUT2D eigenvalue weighted by molar-refractivity contribution is 0.323. The molecule has 0 amide bonds. The summed E-state index contributed by atoms with van der Waals surface area (Å²) in [5.74, 6) is 0.181. The van der Waals surface area contributed by atoms with Gasteiger partial charge in [-0.25, -0.2) is 9.07 Å². The Bertz CT molecular complexity index is 574. The molecule has 6 heteroatoms. The van der Waals surface area contributed by atoms with Gasteiger partial charge in [0.15, 0.2) is 5.82 Å². The van der Waals surface area contributed by atoms with Gasteiger partial charge < -0.3 is 5.73 Å². The fourth-order valence-corrected chi connectivity index (χ4v) is 1.80. The first-order valence-corrected chi connectivity index (χ1v) is 6.10. The van der Waals surface area contributed by atoms with E-state index in [4.69, 9.17) is 5.73 Å². The van der Waals surface area contributed by atoms with Crippen molar-refractivity contribution in [3.63, 3.8) is 0 Å². The lowest BCUT2D eigenvalue weighted by atomic mass is 9.97. The molecule has 1 heterocycles. The number of hydrogen-bond acceptors (Lipinski definition) is 4. The average molecular weight is 263 g/mol. The number of aromatic nitrogens is 4. The van der Waals surface area contributed by atoms with Crippen LogP contribution >= 0.6 is 0 Å². The van der Waals surface area contributed by atoms with E-state index >= 15 is 0 Å². The zero-order valence-corrected chi connectivity index (χ0v) is 11.6. The minimum atomic E-state index is -0.347. The summed E-state index contributed by atoms with van der Waals surface area (Å²) in [5.41, 5.74) is 7.25. The molecule has 0 aliphatic carbocycles. The average Bonchev–Trinajstić information content (AvgIpc) is 2.70. The van der Waals surface area contributed by atoms with E-state index in [0.717, 1.165) is 0 Å². The molecule has 2 N–H and O–H groups in total. The quantitative estimate of drug-likeness (QED) is 0.845. The number of anilines is 1. The molecular formula is C13H18FN5. The molecule has 0 atom stereocenters.